The topological polar surface area (TPSA) is 87.4 Å². The van der Waals surface area contributed by atoms with E-state index in [1.54, 1.807) is 18.3 Å². The van der Waals surface area contributed by atoms with E-state index in [0.29, 0.717) is 12.5 Å². The van der Waals surface area contributed by atoms with Crippen molar-refractivity contribution in [3.05, 3.63) is 52.2 Å². The average Bonchev–Trinajstić information content (AvgIpc) is 2.62. The predicted molar refractivity (Wildman–Crippen MR) is 101 cm³/mol. The number of anilines is 2. The zero-order valence-electron chi connectivity index (χ0n) is 15.1. The Hall–Kier alpha value is -2.74. The Morgan fingerprint density at radius 1 is 1.35 bits per heavy atom. The Morgan fingerprint density at radius 3 is 2.92 bits per heavy atom. The van der Waals surface area contributed by atoms with E-state index >= 15 is 0 Å². The quantitative estimate of drug-likeness (QED) is 0.628. The van der Waals surface area contributed by atoms with E-state index in [0.717, 1.165) is 37.3 Å². The van der Waals surface area contributed by atoms with Gasteiger partial charge >= 0.3 is 0 Å². The molecule has 1 aromatic carbocycles. The van der Waals surface area contributed by atoms with E-state index in [1.165, 1.54) is 0 Å². The SMILES string of the molecule is CN(C)c1nccc(NC2CCCN(Cc3ccccc3[N+](=O)[O-])C2)n1. The number of hydrogen-bond acceptors (Lipinski definition) is 7. The van der Waals surface area contributed by atoms with Crippen molar-refractivity contribution in [3.63, 3.8) is 0 Å². The molecule has 138 valence electrons. The Kier molecular flexibility index (Phi) is 5.62. The fourth-order valence-corrected chi connectivity index (χ4v) is 3.23. The maximum Gasteiger partial charge on any atom is 0.273 e. The van der Waals surface area contributed by atoms with Crippen LogP contribution in [0.5, 0.6) is 0 Å². The number of nitro benzene ring substituents is 1. The molecule has 1 saturated heterocycles. The lowest BCUT2D eigenvalue weighted by Gasteiger charge is -2.33. The number of nitrogens with one attached hydrogen (secondary N) is 1. The minimum absolute atomic E-state index is 0.189. The largest absolute Gasteiger partial charge is 0.366 e. The molecule has 0 amide bonds. The molecule has 2 aromatic rings. The van der Waals surface area contributed by atoms with Crippen molar-refractivity contribution < 1.29 is 4.92 Å². The first-order valence-corrected chi connectivity index (χ1v) is 8.74. The summed E-state index contributed by atoms with van der Waals surface area (Å²) in [6.45, 7) is 2.35. The van der Waals surface area contributed by atoms with E-state index in [1.807, 2.05) is 37.2 Å². The number of hydrogen-bond donors (Lipinski definition) is 1. The Balaban J connectivity index is 1.65. The predicted octanol–water partition coefficient (Wildman–Crippen LogP) is 2.53. The van der Waals surface area contributed by atoms with Crippen molar-refractivity contribution in [2.75, 3.05) is 37.4 Å². The van der Waals surface area contributed by atoms with Gasteiger partial charge in [-0.1, -0.05) is 18.2 Å². The molecule has 1 N–H and O–H groups in total. The number of piperidine rings is 1. The molecule has 0 aliphatic carbocycles. The van der Waals surface area contributed by atoms with Gasteiger partial charge in [0.2, 0.25) is 5.95 Å². The van der Waals surface area contributed by atoms with E-state index in [9.17, 15) is 10.1 Å². The molecule has 1 aliphatic heterocycles. The molecule has 1 unspecified atom stereocenters. The van der Waals surface area contributed by atoms with Crippen molar-refractivity contribution >= 4 is 17.5 Å². The number of nitro groups is 1. The second kappa shape index (κ2) is 8.09. The number of nitrogens with zero attached hydrogens (tertiary/aromatic N) is 5. The van der Waals surface area contributed by atoms with Crippen LogP contribution < -0.4 is 10.2 Å². The third-order valence-corrected chi connectivity index (χ3v) is 4.48. The van der Waals surface area contributed by atoms with Crippen LogP contribution in [0.1, 0.15) is 18.4 Å². The molecule has 0 spiro atoms. The molecule has 1 aromatic heterocycles. The molecule has 0 bridgehead atoms. The van der Waals surface area contributed by atoms with Crippen LogP contribution >= 0.6 is 0 Å². The lowest BCUT2D eigenvalue weighted by molar-refractivity contribution is -0.385. The van der Waals surface area contributed by atoms with Crippen molar-refractivity contribution in [2.24, 2.45) is 0 Å². The van der Waals surface area contributed by atoms with E-state index in [4.69, 9.17) is 0 Å². The molecule has 2 heterocycles. The van der Waals surface area contributed by atoms with Crippen molar-refractivity contribution in [1.82, 2.24) is 14.9 Å². The first-order chi connectivity index (χ1) is 12.5. The van der Waals surface area contributed by atoms with Crippen LogP contribution in [0, 0.1) is 10.1 Å². The minimum atomic E-state index is -0.307. The molecule has 1 fully saturated rings. The van der Waals surface area contributed by atoms with Crippen LogP contribution in [0.25, 0.3) is 0 Å². The summed E-state index contributed by atoms with van der Waals surface area (Å²) in [6, 6.07) is 9.09. The van der Waals surface area contributed by atoms with E-state index in [-0.39, 0.29) is 16.7 Å². The molecule has 0 saturated carbocycles. The van der Waals surface area contributed by atoms with Gasteiger partial charge in [0.25, 0.3) is 5.69 Å². The summed E-state index contributed by atoms with van der Waals surface area (Å²) in [7, 11) is 3.82. The van der Waals surface area contributed by atoms with Gasteiger partial charge in [0.1, 0.15) is 5.82 Å². The van der Waals surface area contributed by atoms with Crippen LogP contribution in [-0.4, -0.2) is 53.0 Å². The summed E-state index contributed by atoms with van der Waals surface area (Å²) in [4.78, 5) is 23.8. The average molecular weight is 356 g/mol. The number of benzene rings is 1. The summed E-state index contributed by atoms with van der Waals surface area (Å²) < 4.78 is 0. The van der Waals surface area contributed by atoms with Crippen molar-refractivity contribution in [3.8, 4) is 0 Å². The van der Waals surface area contributed by atoms with Gasteiger partial charge < -0.3 is 10.2 Å². The summed E-state index contributed by atoms with van der Waals surface area (Å²) in [6.07, 6.45) is 3.84. The van der Waals surface area contributed by atoms with Gasteiger partial charge in [-0.2, -0.15) is 4.98 Å². The highest BCUT2D eigenvalue weighted by Gasteiger charge is 2.23. The van der Waals surface area contributed by atoms with Crippen molar-refractivity contribution in [1.29, 1.82) is 0 Å². The van der Waals surface area contributed by atoms with Gasteiger partial charge in [-0.3, -0.25) is 15.0 Å². The van der Waals surface area contributed by atoms with E-state index < -0.39 is 0 Å². The molecule has 0 radical (unpaired) electrons. The van der Waals surface area contributed by atoms with Crippen LogP contribution in [0.15, 0.2) is 36.5 Å². The second-order valence-electron chi connectivity index (χ2n) is 6.74. The maximum absolute atomic E-state index is 11.2. The lowest BCUT2D eigenvalue weighted by atomic mass is 10.0. The number of rotatable bonds is 6. The normalized spacial score (nSPS) is 17.7. The van der Waals surface area contributed by atoms with Gasteiger partial charge in [0, 0.05) is 51.1 Å². The van der Waals surface area contributed by atoms with Gasteiger partial charge in [0.15, 0.2) is 0 Å². The molecule has 1 atom stereocenters. The minimum Gasteiger partial charge on any atom is -0.366 e. The van der Waals surface area contributed by atoms with Crippen LogP contribution in [-0.2, 0) is 6.54 Å². The third-order valence-electron chi connectivity index (χ3n) is 4.48. The molecule has 8 nitrogen and oxygen atoms in total. The Morgan fingerprint density at radius 2 is 2.15 bits per heavy atom. The van der Waals surface area contributed by atoms with Crippen LogP contribution in [0.3, 0.4) is 0 Å². The van der Waals surface area contributed by atoms with Gasteiger partial charge in [-0.15, -0.1) is 0 Å². The highest BCUT2D eigenvalue weighted by atomic mass is 16.6. The standard InChI is InChI=1S/C18H24N6O2/c1-22(2)18-19-10-9-17(21-18)20-15-7-5-11-23(13-15)12-14-6-3-4-8-16(14)24(25)26/h3-4,6,8-10,15H,5,7,11-13H2,1-2H3,(H,19,20,21). The first-order valence-electron chi connectivity index (χ1n) is 8.74. The number of aromatic nitrogens is 2. The number of para-hydroxylation sites is 1. The zero-order valence-corrected chi connectivity index (χ0v) is 15.1. The molecular weight excluding hydrogens is 332 g/mol. The molecule has 26 heavy (non-hydrogen) atoms. The van der Waals surface area contributed by atoms with Gasteiger partial charge in [-0.25, -0.2) is 4.98 Å². The smallest absolute Gasteiger partial charge is 0.273 e. The van der Waals surface area contributed by atoms with Gasteiger partial charge in [0.05, 0.1) is 4.92 Å². The monoisotopic (exact) mass is 356 g/mol. The Labute approximate surface area is 153 Å². The lowest BCUT2D eigenvalue weighted by Crippen LogP contribution is -2.41. The van der Waals surface area contributed by atoms with Gasteiger partial charge in [-0.05, 0) is 25.5 Å². The first kappa shape index (κ1) is 18.1. The highest BCUT2D eigenvalue weighted by Crippen LogP contribution is 2.22. The molecule has 1 aliphatic rings. The van der Waals surface area contributed by atoms with Crippen molar-refractivity contribution in [2.45, 2.75) is 25.4 Å². The molecule has 8 heteroatoms. The summed E-state index contributed by atoms with van der Waals surface area (Å²) in [5.41, 5.74) is 0.948. The summed E-state index contributed by atoms with van der Waals surface area (Å²) in [5.74, 6) is 1.48. The maximum atomic E-state index is 11.2. The summed E-state index contributed by atoms with van der Waals surface area (Å²) >= 11 is 0. The number of likely N-dealkylation sites (tertiary alicyclic amines) is 1. The molecular formula is C18H24N6O2. The fourth-order valence-electron chi connectivity index (χ4n) is 3.23. The van der Waals surface area contributed by atoms with E-state index in [2.05, 4.69) is 20.2 Å². The highest BCUT2D eigenvalue weighted by molar-refractivity contribution is 5.42. The summed E-state index contributed by atoms with van der Waals surface area (Å²) in [5, 5.41) is 14.7. The fraction of sp³-hybridized carbons (Fsp3) is 0.444. The second-order valence-corrected chi connectivity index (χ2v) is 6.74. The van der Waals surface area contributed by atoms with Crippen LogP contribution in [0.4, 0.5) is 17.5 Å². The molecule has 3 rings (SSSR count). The Bertz CT molecular complexity index is 767. The third kappa shape index (κ3) is 4.45. The van der Waals surface area contributed by atoms with Crippen LogP contribution in [0.2, 0.25) is 0 Å². The zero-order chi connectivity index (χ0) is 18.5.